The zero-order valence-electron chi connectivity index (χ0n) is 18.0. The molecule has 0 N–H and O–H groups in total. The normalized spacial score (nSPS) is 12.9. The first-order chi connectivity index (χ1) is 14.4. The molecule has 154 valence electrons. The van der Waals surface area contributed by atoms with Crippen molar-refractivity contribution in [3.05, 3.63) is 95.3 Å². The summed E-state index contributed by atoms with van der Waals surface area (Å²) in [6.07, 6.45) is 8.75. The molecular weight excluding hydrogens is 371 g/mol. The van der Waals surface area contributed by atoms with Gasteiger partial charge >= 0.3 is 0 Å². The van der Waals surface area contributed by atoms with E-state index in [0.717, 1.165) is 25.0 Å². The molecule has 0 heterocycles. The molecule has 0 radical (unpaired) electrons. The Morgan fingerprint density at radius 2 is 1.67 bits per heavy atom. The molecule has 3 aromatic carbocycles. The lowest BCUT2D eigenvalue weighted by molar-refractivity contribution is 0.479. The minimum Gasteiger partial charge on any atom is -0.457 e. The van der Waals surface area contributed by atoms with E-state index < -0.39 is 0 Å². The van der Waals surface area contributed by atoms with E-state index in [4.69, 9.17) is 11.2 Å². The molecule has 0 amide bonds. The highest BCUT2D eigenvalue weighted by atomic mass is 19.1. The van der Waals surface area contributed by atoms with Gasteiger partial charge in [-0.2, -0.15) is 0 Å². The summed E-state index contributed by atoms with van der Waals surface area (Å²) >= 11 is 0. The molecular formula is C28H29FO. The van der Waals surface area contributed by atoms with Crippen LogP contribution in [0.5, 0.6) is 11.5 Å². The van der Waals surface area contributed by atoms with Crippen molar-refractivity contribution < 1.29 is 9.13 Å². The average molecular weight is 401 g/mol. The zero-order valence-corrected chi connectivity index (χ0v) is 18.0. The first-order valence-corrected chi connectivity index (χ1v) is 10.5. The molecule has 0 saturated heterocycles. The summed E-state index contributed by atoms with van der Waals surface area (Å²) in [6, 6.07) is 22.8. The first kappa shape index (κ1) is 21.7. The Labute approximate surface area is 179 Å². The Hall–Kier alpha value is -3.05. The highest BCUT2D eigenvalue weighted by Gasteiger charge is 2.23. The summed E-state index contributed by atoms with van der Waals surface area (Å²) in [5.74, 6) is 4.64. The summed E-state index contributed by atoms with van der Waals surface area (Å²) in [5, 5.41) is 0. The van der Waals surface area contributed by atoms with Crippen LogP contribution in [0.2, 0.25) is 0 Å². The Kier molecular flexibility index (Phi) is 6.95. The molecule has 1 nitrogen and oxygen atoms in total. The predicted octanol–water partition coefficient (Wildman–Crippen LogP) is 7.66. The van der Waals surface area contributed by atoms with Crippen LogP contribution in [0.4, 0.5) is 4.39 Å². The van der Waals surface area contributed by atoms with Gasteiger partial charge < -0.3 is 4.74 Å². The molecule has 0 bridgehead atoms. The second kappa shape index (κ2) is 9.63. The van der Waals surface area contributed by atoms with Gasteiger partial charge in [-0.25, -0.2) is 4.39 Å². The molecule has 0 saturated carbocycles. The summed E-state index contributed by atoms with van der Waals surface area (Å²) in [7, 11) is 0. The maximum Gasteiger partial charge on any atom is 0.127 e. The lowest BCUT2D eigenvalue weighted by atomic mass is 9.78. The predicted molar refractivity (Wildman–Crippen MR) is 123 cm³/mol. The third-order valence-electron chi connectivity index (χ3n) is 5.62. The second-order valence-electron chi connectivity index (χ2n) is 8.31. The van der Waals surface area contributed by atoms with Crippen LogP contribution in [0.1, 0.15) is 56.2 Å². The van der Waals surface area contributed by atoms with E-state index >= 15 is 0 Å². The van der Waals surface area contributed by atoms with Gasteiger partial charge in [-0.1, -0.05) is 56.2 Å². The number of aryl methyl sites for hydroxylation is 1. The van der Waals surface area contributed by atoms with Gasteiger partial charge in [0.25, 0.3) is 0 Å². The highest BCUT2D eigenvalue weighted by Crippen LogP contribution is 2.31. The fraction of sp³-hybridized carbons (Fsp3) is 0.286. The molecule has 0 aromatic heterocycles. The molecule has 1 unspecified atom stereocenters. The maximum absolute atomic E-state index is 13.1. The smallest absolute Gasteiger partial charge is 0.127 e. The zero-order chi connectivity index (χ0) is 21.6. The van der Waals surface area contributed by atoms with Crippen molar-refractivity contribution >= 4 is 0 Å². The van der Waals surface area contributed by atoms with Crippen molar-refractivity contribution in [1.29, 1.82) is 0 Å². The van der Waals surface area contributed by atoms with Gasteiger partial charge in [-0.3, -0.25) is 0 Å². The largest absolute Gasteiger partial charge is 0.457 e. The maximum atomic E-state index is 13.1. The third kappa shape index (κ3) is 5.51. The van der Waals surface area contributed by atoms with Crippen molar-refractivity contribution in [2.75, 3.05) is 0 Å². The minimum absolute atomic E-state index is 0.272. The van der Waals surface area contributed by atoms with E-state index in [9.17, 15) is 4.39 Å². The molecule has 0 aliphatic heterocycles. The van der Waals surface area contributed by atoms with Crippen LogP contribution in [0.3, 0.4) is 0 Å². The molecule has 1 atom stereocenters. The van der Waals surface area contributed by atoms with E-state index in [1.54, 1.807) is 12.1 Å². The molecule has 3 rings (SSSR count). The fourth-order valence-electron chi connectivity index (χ4n) is 3.58. The van der Waals surface area contributed by atoms with Crippen LogP contribution < -0.4 is 4.74 Å². The van der Waals surface area contributed by atoms with Gasteiger partial charge in [-0.15, -0.1) is 6.42 Å². The van der Waals surface area contributed by atoms with Crippen LogP contribution >= 0.6 is 0 Å². The first-order valence-electron chi connectivity index (χ1n) is 10.5. The molecule has 2 heteroatoms. The Morgan fingerprint density at radius 3 is 2.30 bits per heavy atom. The molecule has 0 spiro atoms. The molecule has 3 aromatic rings. The van der Waals surface area contributed by atoms with E-state index in [1.165, 1.54) is 28.8 Å². The number of benzene rings is 3. The van der Waals surface area contributed by atoms with Gasteiger partial charge in [0.05, 0.1) is 5.41 Å². The van der Waals surface area contributed by atoms with Crippen LogP contribution in [0.25, 0.3) is 0 Å². The van der Waals surface area contributed by atoms with E-state index in [2.05, 4.69) is 57.0 Å². The van der Waals surface area contributed by atoms with Crippen molar-refractivity contribution in [2.24, 2.45) is 0 Å². The van der Waals surface area contributed by atoms with Gasteiger partial charge in [0.15, 0.2) is 0 Å². The van der Waals surface area contributed by atoms with Crippen molar-refractivity contribution in [3.63, 3.8) is 0 Å². The van der Waals surface area contributed by atoms with E-state index in [-0.39, 0.29) is 11.2 Å². The number of rotatable bonds is 8. The monoisotopic (exact) mass is 400 g/mol. The Balaban J connectivity index is 1.62. The average Bonchev–Trinajstić information content (AvgIpc) is 2.75. The van der Waals surface area contributed by atoms with Crippen molar-refractivity contribution in [3.8, 4) is 23.8 Å². The van der Waals surface area contributed by atoms with Crippen LogP contribution in [0, 0.1) is 18.2 Å². The minimum atomic E-state index is -0.280. The quantitative estimate of drug-likeness (QED) is 0.353. The Bertz CT molecular complexity index is 996. The van der Waals surface area contributed by atoms with E-state index in [1.807, 2.05) is 18.2 Å². The van der Waals surface area contributed by atoms with E-state index in [0.29, 0.717) is 11.7 Å². The SMILES string of the molecule is C#CC(C)(CCCc1cccc(Oc2ccc(F)cc2)c1)c1ccc(C(C)C)cc1. The second-order valence-corrected chi connectivity index (χ2v) is 8.31. The summed E-state index contributed by atoms with van der Waals surface area (Å²) in [4.78, 5) is 0. The van der Waals surface area contributed by atoms with Crippen LogP contribution in [0.15, 0.2) is 72.8 Å². The van der Waals surface area contributed by atoms with Gasteiger partial charge in [0.1, 0.15) is 17.3 Å². The highest BCUT2D eigenvalue weighted by molar-refractivity contribution is 5.37. The number of ether oxygens (including phenoxy) is 1. The van der Waals surface area contributed by atoms with Crippen LogP contribution in [-0.4, -0.2) is 0 Å². The van der Waals surface area contributed by atoms with Gasteiger partial charge in [0, 0.05) is 0 Å². The summed E-state index contributed by atoms with van der Waals surface area (Å²) in [6.45, 7) is 6.54. The van der Waals surface area contributed by atoms with Gasteiger partial charge in [-0.05, 0) is 85.2 Å². The number of hydrogen-bond donors (Lipinski definition) is 0. The molecule has 0 fully saturated rings. The van der Waals surface area contributed by atoms with Crippen molar-refractivity contribution in [2.45, 2.75) is 51.4 Å². The lowest BCUT2D eigenvalue weighted by Crippen LogP contribution is -2.19. The summed E-state index contributed by atoms with van der Waals surface area (Å²) in [5.41, 5.74) is 3.44. The summed E-state index contributed by atoms with van der Waals surface area (Å²) < 4.78 is 18.9. The lowest BCUT2D eigenvalue weighted by Gasteiger charge is -2.25. The number of halogens is 1. The van der Waals surface area contributed by atoms with Crippen LogP contribution in [-0.2, 0) is 11.8 Å². The van der Waals surface area contributed by atoms with Crippen molar-refractivity contribution in [1.82, 2.24) is 0 Å². The molecule has 0 aliphatic carbocycles. The standard InChI is InChI=1S/C28H29FO/c1-5-28(4,24-13-11-23(12-14-24)21(2)3)19-7-9-22-8-6-10-27(20-22)30-26-17-15-25(29)16-18-26/h1,6,8,10-18,20-21H,7,9,19H2,2-4H3. The topological polar surface area (TPSA) is 9.23 Å². The fourth-order valence-corrected chi connectivity index (χ4v) is 3.58. The number of terminal acetylenes is 1. The third-order valence-corrected chi connectivity index (χ3v) is 5.62. The molecule has 0 aliphatic rings. The molecule has 30 heavy (non-hydrogen) atoms. The Morgan fingerprint density at radius 1 is 0.967 bits per heavy atom. The van der Waals surface area contributed by atoms with Gasteiger partial charge in [0.2, 0.25) is 0 Å². The number of hydrogen-bond acceptors (Lipinski definition) is 1.